The van der Waals surface area contributed by atoms with Crippen LogP contribution in [0.2, 0.25) is 0 Å². The maximum absolute atomic E-state index is 13.0. The fraction of sp³-hybridized carbons (Fsp3) is 0.412. The van der Waals surface area contributed by atoms with E-state index >= 15 is 0 Å². The quantitative estimate of drug-likeness (QED) is 0.117. The first-order valence-electron chi connectivity index (χ1n) is 16.1. The number of hydrogen-bond donors (Lipinski definition) is 0. The van der Waals surface area contributed by atoms with Crippen molar-refractivity contribution in [3.8, 4) is 0 Å². The smallest absolute Gasteiger partial charge is 0.328 e. The van der Waals surface area contributed by atoms with Crippen molar-refractivity contribution in [2.75, 3.05) is 26.3 Å². The van der Waals surface area contributed by atoms with Crippen molar-refractivity contribution in [2.45, 2.75) is 74.2 Å². The Hall–Kier alpha value is -5.05. The molecular weight excluding hydrogens is 656 g/mol. The molecule has 2 heterocycles. The van der Waals surface area contributed by atoms with Crippen molar-refractivity contribution >= 4 is 59.0 Å². The van der Waals surface area contributed by atoms with Crippen LogP contribution in [0, 0.1) is 20.2 Å². The molecule has 4 rings (SSSR count). The highest BCUT2D eigenvalue weighted by Gasteiger charge is 2.33. The zero-order chi connectivity index (χ0) is 35.5. The van der Waals surface area contributed by atoms with Gasteiger partial charge in [-0.05, 0) is 87.8 Å². The number of rotatable bonds is 12. The number of nitro groups is 2. The van der Waals surface area contributed by atoms with Gasteiger partial charge in [0, 0.05) is 37.4 Å². The summed E-state index contributed by atoms with van der Waals surface area (Å²) in [5.74, 6) is -1.76. The number of carbonyl (C=O) groups excluding carboxylic acids is 4. The molecular formula is C34H38N4O10S. The number of esters is 2. The van der Waals surface area contributed by atoms with E-state index in [1.807, 2.05) is 0 Å². The second-order valence-corrected chi connectivity index (χ2v) is 12.4. The molecule has 2 aromatic carbocycles. The average molecular weight is 695 g/mol. The lowest BCUT2D eigenvalue weighted by Crippen LogP contribution is -2.48. The summed E-state index contributed by atoms with van der Waals surface area (Å²) in [5.41, 5.74) is 0.0762. The first kappa shape index (κ1) is 36.8. The Morgan fingerprint density at radius 1 is 0.735 bits per heavy atom. The summed E-state index contributed by atoms with van der Waals surface area (Å²) >= 11 is 0.841. The average Bonchev–Trinajstić information content (AvgIpc) is 3.10. The number of likely N-dealkylation sites (tertiary alicyclic amines) is 2. The highest BCUT2D eigenvalue weighted by molar-refractivity contribution is 7.99. The van der Waals surface area contributed by atoms with Crippen LogP contribution in [0.1, 0.15) is 63.5 Å². The van der Waals surface area contributed by atoms with E-state index in [1.54, 1.807) is 26.0 Å². The van der Waals surface area contributed by atoms with Crippen LogP contribution in [0.3, 0.4) is 0 Å². The molecule has 49 heavy (non-hydrogen) atoms. The van der Waals surface area contributed by atoms with E-state index in [4.69, 9.17) is 9.47 Å². The molecule has 15 heteroatoms. The number of ether oxygens (including phenoxy) is 2. The lowest BCUT2D eigenvalue weighted by Gasteiger charge is -2.33. The van der Waals surface area contributed by atoms with Gasteiger partial charge in [-0.1, -0.05) is 23.9 Å². The summed E-state index contributed by atoms with van der Waals surface area (Å²) in [6, 6.07) is 7.17. The molecule has 0 aromatic heterocycles. The van der Waals surface area contributed by atoms with E-state index in [1.165, 1.54) is 58.4 Å². The van der Waals surface area contributed by atoms with Gasteiger partial charge < -0.3 is 19.3 Å². The van der Waals surface area contributed by atoms with Crippen molar-refractivity contribution in [3.05, 3.63) is 79.9 Å². The molecule has 2 aliphatic rings. The summed E-state index contributed by atoms with van der Waals surface area (Å²) in [4.78, 5) is 76.6. The van der Waals surface area contributed by atoms with Gasteiger partial charge in [-0.15, -0.1) is 0 Å². The number of nitro benzene ring substituents is 2. The molecule has 0 radical (unpaired) electrons. The molecule has 2 unspecified atom stereocenters. The predicted octanol–water partition coefficient (Wildman–Crippen LogP) is 5.57. The SMILES string of the molecule is CCOC(=O)C1CCCCN1C(=O)/C=C/c1ccc(Sc2ccc(/C=C/C(=O)N3CCCCC3C(=O)OCC)cc2[N+](=O)[O-])c([N+](=O)[O-])c1. The molecule has 2 fully saturated rings. The number of hydrogen-bond acceptors (Lipinski definition) is 11. The molecule has 260 valence electrons. The second kappa shape index (κ2) is 17.4. The number of piperidine rings is 2. The molecule has 0 N–H and O–H groups in total. The Balaban J connectivity index is 1.50. The predicted molar refractivity (Wildman–Crippen MR) is 180 cm³/mol. The Bertz CT molecular complexity index is 1540. The zero-order valence-electron chi connectivity index (χ0n) is 27.3. The molecule has 2 aromatic rings. The molecule has 2 aliphatic heterocycles. The number of benzene rings is 2. The first-order chi connectivity index (χ1) is 23.5. The summed E-state index contributed by atoms with van der Waals surface area (Å²) in [6.45, 7) is 4.56. The summed E-state index contributed by atoms with van der Waals surface area (Å²) in [5, 5.41) is 24.0. The first-order valence-corrected chi connectivity index (χ1v) is 16.9. The third-order valence-corrected chi connectivity index (χ3v) is 9.24. The topological polar surface area (TPSA) is 180 Å². The van der Waals surface area contributed by atoms with Crippen molar-refractivity contribution in [3.63, 3.8) is 0 Å². The van der Waals surface area contributed by atoms with Gasteiger partial charge in [-0.2, -0.15) is 0 Å². The van der Waals surface area contributed by atoms with Gasteiger partial charge in [0.25, 0.3) is 11.4 Å². The van der Waals surface area contributed by atoms with Crippen LogP contribution in [0.25, 0.3) is 12.2 Å². The fourth-order valence-electron chi connectivity index (χ4n) is 5.74. The molecule has 0 saturated carbocycles. The van der Waals surface area contributed by atoms with Crippen molar-refractivity contribution in [1.82, 2.24) is 9.80 Å². The molecule has 0 bridgehead atoms. The van der Waals surface area contributed by atoms with E-state index in [0.29, 0.717) is 37.1 Å². The number of nitrogens with zero attached hydrogens (tertiary/aromatic N) is 4. The fourth-order valence-corrected chi connectivity index (χ4v) is 6.72. The van der Waals surface area contributed by atoms with Gasteiger partial charge in [-0.3, -0.25) is 29.8 Å². The van der Waals surface area contributed by atoms with Crippen LogP contribution in [0.4, 0.5) is 11.4 Å². The molecule has 2 saturated heterocycles. The maximum atomic E-state index is 13.0. The molecule has 14 nitrogen and oxygen atoms in total. The minimum Gasteiger partial charge on any atom is -0.464 e. The standard InChI is InChI=1S/C34H38N4O10S/c1-3-47-33(41)25-9-5-7-19-35(25)31(39)17-13-23-11-15-29(27(21-23)37(43)44)49-30-16-12-24(22-28(30)38(45)46)14-18-32(40)36-20-8-6-10-26(36)34(42)48-4-2/h11-18,21-22,25-26H,3-10,19-20H2,1-2H3/b17-13+,18-14+. The molecule has 0 aliphatic carbocycles. The van der Waals surface area contributed by atoms with E-state index < -0.39 is 45.7 Å². The van der Waals surface area contributed by atoms with Crippen LogP contribution in [-0.2, 0) is 28.7 Å². The van der Waals surface area contributed by atoms with Gasteiger partial charge >= 0.3 is 11.9 Å². The van der Waals surface area contributed by atoms with Crippen molar-refractivity contribution in [1.29, 1.82) is 0 Å². The summed E-state index contributed by atoms with van der Waals surface area (Å²) in [7, 11) is 0. The largest absolute Gasteiger partial charge is 0.464 e. The van der Waals surface area contributed by atoms with Gasteiger partial charge in [-0.25, -0.2) is 9.59 Å². The third-order valence-electron chi connectivity index (χ3n) is 8.11. The highest BCUT2D eigenvalue weighted by atomic mass is 32.2. The van der Waals surface area contributed by atoms with Gasteiger partial charge in [0.15, 0.2) is 0 Å². The Kier molecular flexibility index (Phi) is 13.0. The van der Waals surface area contributed by atoms with E-state index in [2.05, 4.69) is 0 Å². The lowest BCUT2D eigenvalue weighted by atomic mass is 10.0. The van der Waals surface area contributed by atoms with E-state index in [9.17, 15) is 39.4 Å². The normalized spacial score (nSPS) is 18.0. The molecule has 2 atom stereocenters. The minimum absolute atomic E-state index is 0.142. The lowest BCUT2D eigenvalue weighted by molar-refractivity contribution is -0.388. The maximum Gasteiger partial charge on any atom is 0.328 e. The monoisotopic (exact) mass is 694 g/mol. The second-order valence-electron chi connectivity index (χ2n) is 11.3. The van der Waals surface area contributed by atoms with Gasteiger partial charge in [0.1, 0.15) is 12.1 Å². The Labute approximate surface area is 287 Å². The number of carbonyl (C=O) groups is 4. The van der Waals surface area contributed by atoms with Crippen molar-refractivity contribution in [2.24, 2.45) is 0 Å². The minimum atomic E-state index is -0.685. The number of amides is 2. The van der Waals surface area contributed by atoms with Crippen LogP contribution in [-0.4, -0.2) is 81.8 Å². The van der Waals surface area contributed by atoms with Crippen LogP contribution < -0.4 is 0 Å². The van der Waals surface area contributed by atoms with Crippen LogP contribution >= 0.6 is 11.8 Å². The van der Waals surface area contributed by atoms with E-state index in [-0.39, 0.29) is 34.4 Å². The summed E-state index contributed by atoms with van der Waals surface area (Å²) < 4.78 is 10.2. The van der Waals surface area contributed by atoms with Gasteiger partial charge in [0.05, 0.1) is 32.9 Å². The van der Waals surface area contributed by atoms with Crippen molar-refractivity contribution < 1.29 is 38.5 Å². The highest BCUT2D eigenvalue weighted by Crippen LogP contribution is 2.40. The van der Waals surface area contributed by atoms with E-state index in [0.717, 1.165) is 37.4 Å². The summed E-state index contributed by atoms with van der Waals surface area (Å²) in [6.07, 6.45) is 9.40. The van der Waals surface area contributed by atoms with Crippen LogP contribution in [0.15, 0.2) is 58.3 Å². The van der Waals surface area contributed by atoms with Crippen LogP contribution in [0.5, 0.6) is 0 Å². The molecule has 0 spiro atoms. The third kappa shape index (κ3) is 9.53. The Morgan fingerprint density at radius 2 is 1.14 bits per heavy atom. The molecule has 2 amide bonds. The Morgan fingerprint density at radius 3 is 1.51 bits per heavy atom. The van der Waals surface area contributed by atoms with Gasteiger partial charge in [0.2, 0.25) is 11.8 Å². The zero-order valence-corrected chi connectivity index (χ0v) is 28.1.